The Morgan fingerprint density at radius 2 is 2.30 bits per heavy atom. The van der Waals surface area contributed by atoms with E-state index in [9.17, 15) is 0 Å². The molecule has 0 radical (unpaired) electrons. The van der Waals surface area contributed by atoms with E-state index >= 15 is 0 Å². The summed E-state index contributed by atoms with van der Waals surface area (Å²) in [5, 5.41) is 0. The lowest BCUT2D eigenvalue weighted by molar-refractivity contribution is 0.00621. The molecule has 2 aromatic rings. The average molecular weight is 358 g/mol. The van der Waals surface area contributed by atoms with Crippen molar-refractivity contribution in [1.82, 2.24) is 9.55 Å². The molecule has 0 aliphatic carbocycles. The van der Waals surface area contributed by atoms with Gasteiger partial charge in [0.2, 0.25) is 0 Å². The summed E-state index contributed by atoms with van der Waals surface area (Å²) < 4.78 is 9.20. The van der Waals surface area contributed by atoms with Crippen LogP contribution in [0.4, 0.5) is 0 Å². The molecule has 1 atom stereocenters. The lowest BCUT2D eigenvalue weighted by atomic mass is 10.1. The van der Waals surface area contributed by atoms with Crippen molar-refractivity contribution >= 4 is 38.6 Å². The minimum absolute atomic E-state index is 0.305. The maximum Gasteiger partial charge on any atom is 0.111 e. The molecule has 2 heterocycles. The van der Waals surface area contributed by atoms with Gasteiger partial charge in [0.15, 0.2) is 0 Å². The van der Waals surface area contributed by atoms with E-state index in [1.54, 1.807) is 0 Å². The molecule has 0 saturated carbocycles. The number of fused-ring (bicyclic) bond motifs is 1. The molecule has 1 unspecified atom stereocenters. The molecule has 3 nitrogen and oxygen atoms in total. The van der Waals surface area contributed by atoms with Crippen molar-refractivity contribution in [2.45, 2.75) is 38.3 Å². The highest BCUT2D eigenvalue weighted by Crippen LogP contribution is 2.24. The summed E-state index contributed by atoms with van der Waals surface area (Å²) in [5.41, 5.74) is 2.19. The van der Waals surface area contributed by atoms with Gasteiger partial charge in [-0.25, -0.2) is 4.98 Å². The average Bonchev–Trinajstić information content (AvgIpc) is 2.77. The first-order valence-corrected chi connectivity index (χ1v) is 8.43. The fourth-order valence-corrected chi connectivity index (χ4v) is 3.30. The first-order chi connectivity index (χ1) is 9.78. The summed E-state index contributed by atoms with van der Waals surface area (Å²) >= 11 is 9.42. The van der Waals surface area contributed by atoms with Crippen LogP contribution >= 0.6 is 27.5 Å². The third-order valence-electron chi connectivity index (χ3n) is 3.77. The van der Waals surface area contributed by atoms with Crippen molar-refractivity contribution in [3.63, 3.8) is 0 Å². The Morgan fingerprint density at radius 3 is 3.05 bits per heavy atom. The Morgan fingerprint density at radius 1 is 1.40 bits per heavy atom. The van der Waals surface area contributed by atoms with Crippen LogP contribution in [0, 0.1) is 0 Å². The summed E-state index contributed by atoms with van der Waals surface area (Å²) in [6.07, 6.45) is 4.67. The molecule has 1 aliphatic rings. The molecule has 1 saturated heterocycles. The van der Waals surface area contributed by atoms with Crippen LogP contribution in [0.15, 0.2) is 22.7 Å². The molecular weight excluding hydrogens is 340 g/mol. The fourth-order valence-electron chi connectivity index (χ4n) is 2.79. The Bertz CT molecular complexity index is 593. The second-order valence-corrected chi connectivity index (χ2v) is 6.49. The lowest BCUT2D eigenvalue weighted by Gasteiger charge is -2.24. The highest BCUT2D eigenvalue weighted by atomic mass is 79.9. The largest absolute Gasteiger partial charge is 0.376 e. The van der Waals surface area contributed by atoms with Gasteiger partial charge in [0, 0.05) is 23.4 Å². The normalized spacial score (nSPS) is 19.6. The van der Waals surface area contributed by atoms with Crippen LogP contribution in [0.2, 0.25) is 0 Å². The van der Waals surface area contributed by atoms with Crippen LogP contribution in [0.1, 0.15) is 25.1 Å². The number of nitrogens with zero attached hydrogens (tertiary/aromatic N) is 2. The minimum Gasteiger partial charge on any atom is -0.376 e. The Kier molecular flexibility index (Phi) is 4.64. The molecule has 0 bridgehead atoms. The van der Waals surface area contributed by atoms with Crippen LogP contribution < -0.4 is 0 Å². The Labute approximate surface area is 132 Å². The molecule has 1 aliphatic heterocycles. The van der Waals surface area contributed by atoms with Gasteiger partial charge in [-0.1, -0.05) is 15.9 Å². The Balaban J connectivity index is 1.95. The van der Waals surface area contributed by atoms with E-state index in [1.807, 2.05) is 0 Å². The van der Waals surface area contributed by atoms with Crippen molar-refractivity contribution in [2.75, 3.05) is 12.5 Å². The first kappa shape index (κ1) is 14.4. The van der Waals surface area contributed by atoms with E-state index < -0.39 is 0 Å². The third-order valence-corrected chi connectivity index (χ3v) is 4.45. The van der Waals surface area contributed by atoms with Crippen molar-refractivity contribution in [1.29, 1.82) is 0 Å². The van der Waals surface area contributed by atoms with Gasteiger partial charge in [-0.05, 0) is 37.5 Å². The number of ether oxygens (including phenoxy) is 1. The second kappa shape index (κ2) is 6.46. The topological polar surface area (TPSA) is 27.1 Å². The van der Waals surface area contributed by atoms with E-state index in [-0.39, 0.29) is 0 Å². The summed E-state index contributed by atoms with van der Waals surface area (Å²) in [6.45, 7) is 1.76. The monoisotopic (exact) mass is 356 g/mol. The molecule has 0 amide bonds. The fraction of sp³-hybridized carbons (Fsp3) is 0.533. The molecule has 5 heteroatoms. The first-order valence-electron chi connectivity index (χ1n) is 7.10. The number of benzene rings is 1. The van der Waals surface area contributed by atoms with Crippen LogP contribution in [-0.4, -0.2) is 28.1 Å². The molecule has 20 heavy (non-hydrogen) atoms. The number of halogens is 2. The van der Waals surface area contributed by atoms with Gasteiger partial charge in [-0.3, -0.25) is 0 Å². The maximum absolute atomic E-state index is 5.92. The van der Waals surface area contributed by atoms with Gasteiger partial charge >= 0.3 is 0 Å². The van der Waals surface area contributed by atoms with Crippen LogP contribution in [-0.2, 0) is 17.7 Å². The third kappa shape index (κ3) is 3.02. The van der Waals surface area contributed by atoms with Gasteiger partial charge < -0.3 is 9.30 Å². The molecule has 3 rings (SSSR count). The number of rotatable bonds is 4. The van der Waals surface area contributed by atoms with Crippen molar-refractivity contribution in [3.05, 3.63) is 28.5 Å². The summed E-state index contributed by atoms with van der Waals surface area (Å²) in [5.74, 6) is 1.65. The van der Waals surface area contributed by atoms with Crippen LogP contribution in [0.5, 0.6) is 0 Å². The lowest BCUT2D eigenvalue weighted by Crippen LogP contribution is -2.25. The highest BCUT2D eigenvalue weighted by molar-refractivity contribution is 9.10. The zero-order chi connectivity index (χ0) is 13.9. The predicted molar refractivity (Wildman–Crippen MR) is 85.4 cm³/mol. The van der Waals surface area contributed by atoms with E-state index in [1.165, 1.54) is 18.4 Å². The molecule has 1 aromatic heterocycles. The summed E-state index contributed by atoms with van der Waals surface area (Å²) in [6, 6.07) is 6.24. The zero-order valence-electron chi connectivity index (χ0n) is 11.3. The van der Waals surface area contributed by atoms with Crippen molar-refractivity contribution in [3.8, 4) is 0 Å². The molecular formula is C15H18BrClN2O. The second-order valence-electron chi connectivity index (χ2n) is 5.20. The number of hydrogen-bond acceptors (Lipinski definition) is 2. The zero-order valence-corrected chi connectivity index (χ0v) is 13.7. The predicted octanol–water partition coefficient (Wildman–Crippen LogP) is 4.15. The van der Waals surface area contributed by atoms with E-state index in [2.05, 4.69) is 38.7 Å². The standard InChI is InChI=1S/C15H18BrClN2O/c16-11-4-5-14-13(9-11)18-15(6-7-17)19(14)10-12-3-1-2-8-20-12/h4-5,9,12H,1-3,6-8,10H2. The number of alkyl halides is 1. The van der Waals surface area contributed by atoms with E-state index in [0.29, 0.717) is 12.0 Å². The molecule has 1 fully saturated rings. The Hall–Kier alpha value is -0.580. The molecule has 1 aromatic carbocycles. The highest BCUT2D eigenvalue weighted by Gasteiger charge is 2.18. The molecule has 0 N–H and O–H groups in total. The van der Waals surface area contributed by atoms with Crippen molar-refractivity contribution < 1.29 is 4.74 Å². The number of hydrogen-bond donors (Lipinski definition) is 0. The van der Waals surface area contributed by atoms with Gasteiger partial charge in [-0.2, -0.15) is 0 Å². The van der Waals surface area contributed by atoms with Crippen LogP contribution in [0.25, 0.3) is 11.0 Å². The van der Waals surface area contributed by atoms with Gasteiger partial charge in [0.05, 0.1) is 23.7 Å². The number of aryl methyl sites for hydroxylation is 1. The van der Waals surface area contributed by atoms with Crippen molar-refractivity contribution in [2.24, 2.45) is 0 Å². The number of aromatic nitrogens is 2. The van der Waals surface area contributed by atoms with E-state index in [0.717, 1.165) is 41.8 Å². The molecule has 108 valence electrons. The van der Waals surface area contributed by atoms with Gasteiger partial charge in [0.25, 0.3) is 0 Å². The van der Waals surface area contributed by atoms with Gasteiger partial charge in [0.1, 0.15) is 5.82 Å². The molecule has 0 spiro atoms. The quantitative estimate of drug-likeness (QED) is 0.769. The van der Waals surface area contributed by atoms with Crippen LogP contribution in [0.3, 0.4) is 0 Å². The number of imidazole rings is 1. The van der Waals surface area contributed by atoms with Gasteiger partial charge in [-0.15, -0.1) is 11.6 Å². The van der Waals surface area contributed by atoms with E-state index in [4.69, 9.17) is 21.3 Å². The maximum atomic E-state index is 5.92. The summed E-state index contributed by atoms with van der Waals surface area (Å²) in [7, 11) is 0. The minimum atomic E-state index is 0.305. The SMILES string of the molecule is ClCCc1nc2cc(Br)ccc2n1CC1CCCCO1. The smallest absolute Gasteiger partial charge is 0.111 e. The summed E-state index contributed by atoms with van der Waals surface area (Å²) in [4.78, 5) is 4.72.